The summed E-state index contributed by atoms with van der Waals surface area (Å²) in [5.74, 6) is -3.06. The Labute approximate surface area is 201 Å². The molecule has 0 aromatic heterocycles. The van der Waals surface area contributed by atoms with Crippen LogP contribution in [0, 0.1) is 0 Å². The lowest BCUT2D eigenvalue weighted by Crippen LogP contribution is -2.69. The molecule has 180 valence electrons. The Balaban J connectivity index is 1.88. The van der Waals surface area contributed by atoms with E-state index in [1.807, 2.05) is 0 Å². The van der Waals surface area contributed by atoms with Crippen molar-refractivity contribution in [3.63, 3.8) is 0 Å². The van der Waals surface area contributed by atoms with Gasteiger partial charge in [0.1, 0.15) is 12.2 Å². The van der Waals surface area contributed by atoms with Crippen LogP contribution in [0.5, 0.6) is 0 Å². The Morgan fingerprint density at radius 1 is 0.743 bits per heavy atom. The molecule has 0 aliphatic carbocycles. The second kappa shape index (κ2) is 9.61. The van der Waals surface area contributed by atoms with Gasteiger partial charge < -0.3 is 24.8 Å². The van der Waals surface area contributed by atoms with E-state index >= 15 is 0 Å². The lowest BCUT2D eigenvalue weighted by Gasteiger charge is -2.38. The fourth-order valence-corrected chi connectivity index (χ4v) is 4.37. The van der Waals surface area contributed by atoms with Gasteiger partial charge in [-0.25, -0.2) is 0 Å². The second-order valence-electron chi connectivity index (χ2n) is 8.22. The highest BCUT2D eigenvalue weighted by Gasteiger charge is 2.75. The molecule has 3 aromatic rings. The van der Waals surface area contributed by atoms with E-state index in [9.17, 15) is 29.7 Å². The average molecular weight is 476 g/mol. The van der Waals surface area contributed by atoms with Crippen LogP contribution >= 0.6 is 0 Å². The normalized spacial score (nSPS) is 26.7. The fourth-order valence-electron chi connectivity index (χ4n) is 4.37. The first-order valence-corrected chi connectivity index (χ1v) is 10.9. The number of ether oxygens (including phenoxy) is 2. The number of aliphatic hydroxyl groups is 3. The number of Topliss-reactive ketones (excluding diaryl/α,β-unsaturated/α-hetero) is 3. The molecule has 0 radical (unpaired) electrons. The first-order chi connectivity index (χ1) is 16.8. The third kappa shape index (κ3) is 3.91. The Kier molecular flexibility index (Phi) is 6.75. The zero-order valence-electron chi connectivity index (χ0n) is 18.8. The highest BCUT2D eigenvalue weighted by Crippen LogP contribution is 2.46. The monoisotopic (exact) mass is 476 g/mol. The summed E-state index contributed by atoms with van der Waals surface area (Å²) in [6.45, 7) is 0. The summed E-state index contributed by atoms with van der Waals surface area (Å²) in [5.41, 5.74) is -6.12. The number of benzene rings is 3. The summed E-state index contributed by atoms with van der Waals surface area (Å²) in [7, 11) is 1.11. The van der Waals surface area contributed by atoms with Crippen molar-refractivity contribution in [3.05, 3.63) is 108 Å². The van der Waals surface area contributed by atoms with E-state index in [1.54, 1.807) is 30.3 Å². The van der Waals surface area contributed by atoms with Crippen LogP contribution in [-0.4, -0.2) is 69.5 Å². The number of carbonyl (C=O) groups excluding carboxylic acids is 3. The van der Waals surface area contributed by atoms with Gasteiger partial charge in [-0.1, -0.05) is 91.0 Å². The van der Waals surface area contributed by atoms with Gasteiger partial charge in [0.15, 0.2) is 17.7 Å². The topological polar surface area (TPSA) is 130 Å². The Bertz CT molecular complexity index is 1210. The van der Waals surface area contributed by atoms with Crippen LogP contribution in [0.3, 0.4) is 0 Å². The lowest BCUT2D eigenvalue weighted by molar-refractivity contribution is -0.180. The van der Waals surface area contributed by atoms with E-state index in [0.717, 1.165) is 7.11 Å². The Morgan fingerprint density at radius 2 is 1.14 bits per heavy atom. The number of rotatable bonds is 8. The van der Waals surface area contributed by atoms with Crippen LogP contribution in [0.15, 0.2) is 91.0 Å². The molecule has 0 bridgehead atoms. The van der Waals surface area contributed by atoms with E-state index in [-0.39, 0.29) is 16.7 Å². The minimum atomic E-state index is -3.09. The first kappa shape index (κ1) is 24.6. The summed E-state index contributed by atoms with van der Waals surface area (Å²) in [5, 5.41) is 34.8. The molecule has 3 N–H and O–H groups in total. The van der Waals surface area contributed by atoms with Crippen molar-refractivity contribution < 1.29 is 39.2 Å². The lowest BCUT2D eigenvalue weighted by atomic mass is 9.70. The number of ketones is 3. The molecule has 8 heteroatoms. The van der Waals surface area contributed by atoms with Crippen LogP contribution in [0.1, 0.15) is 31.1 Å². The smallest absolute Gasteiger partial charge is 0.217 e. The third-order valence-electron chi connectivity index (χ3n) is 6.20. The molecule has 3 aromatic carbocycles. The average Bonchev–Trinajstić information content (AvgIpc) is 3.16. The van der Waals surface area contributed by atoms with Crippen molar-refractivity contribution in [3.8, 4) is 0 Å². The van der Waals surface area contributed by atoms with Crippen LogP contribution in [0.4, 0.5) is 0 Å². The molecule has 0 spiro atoms. The maximum absolute atomic E-state index is 13.7. The maximum atomic E-state index is 13.7. The van der Waals surface area contributed by atoms with E-state index in [0.29, 0.717) is 0 Å². The molecule has 1 heterocycles. The van der Waals surface area contributed by atoms with Gasteiger partial charge in [0.25, 0.3) is 0 Å². The molecule has 1 unspecified atom stereocenters. The first-order valence-electron chi connectivity index (χ1n) is 10.9. The second-order valence-corrected chi connectivity index (χ2v) is 8.22. The maximum Gasteiger partial charge on any atom is 0.217 e. The van der Waals surface area contributed by atoms with Crippen molar-refractivity contribution in [2.75, 3.05) is 7.11 Å². The summed E-state index contributed by atoms with van der Waals surface area (Å²) < 4.78 is 10.8. The number of hydrogen-bond donors (Lipinski definition) is 3. The molecule has 0 saturated carbocycles. The Hall–Kier alpha value is -3.53. The zero-order chi connectivity index (χ0) is 25.2. The summed E-state index contributed by atoms with van der Waals surface area (Å²) in [6.07, 6.45) is -6.04. The molecule has 5 atom stereocenters. The minimum absolute atomic E-state index is 0.0375. The standard InChI is InChI=1S/C27H24O8/c1-34-25-27(33,23(31)19-15-9-4-10-16-19)26(32,22(30)18-13-7-3-8-14-18)24(35-25)21(29)20(28)17-11-5-2-6-12-17/h2-16,21,24-25,29,32-33H,1H3/t21?,24-,25-,26+,27-/m1/s1. The quantitative estimate of drug-likeness (QED) is 0.420. The molecule has 8 nitrogen and oxygen atoms in total. The van der Waals surface area contributed by atoms with E-state index in [4.69, 9.17) is 9.47 Å². The third-order valence-corrected chi connectivity index (χ3v) is 6.20. The largest absolute Gasteiger partial charge is 0.382 e. The van der Waals surface area contributed by atoms with Crippen molar-refractivity contribution in [1.82, 2.24) is 0 Å². The van der Waals surface area contributed by atoms with Gasteiger partial charge in [-0.15, -0.1) is 0 Å². The molecule has 1 fully saturated rings. The van der Waals surface area contributed by atoms with Gasteiger partial charge in [0.05, 0.1) is 0 Å². The van der Waals surface area contributed by atoms with Crippen molar-refractivity contribution >= 4 is 17.3 Å². The summed E-state index contributed by atoms with van der Waals surface area (Å²) in [4.78, 5) is 40.4. The van der Waals surface area contributed by atoms with Crippen LogP contribution in [0.2, 0.25) is 0 Å². The molecule has 1 saturated heterocycles. The molecule has 4 rings (SSSR count). The highest BCUT2D eigenvalue weighted by atomic mass is 16.7. The van der Waals surface area contributed by atoms with Gasteiger partial charge in [0.2, 0.25) is 17.2 Å². The Morgan fingerprint density at radius 3 is 1.57 bits per heavy atom. The molecule has 0 amide bonds. The molecule has 1 aliphatic rings. The van der Waals surface area contributed by atoms with Gasteiger partial charge in [-0.05, 0) is 0 Å². The van der Waals surface area contributed by atoms with Crippen molar-refractivity contribution in [1.29, 1.82) is 0 Å². The van der Waals surface area contributed by atoms with Crippen LogP contribution < -0.4 is 0 Å². The molecular formula is C27H24O8. The van der Waals surface area contributed by atoms with Gasteiger partial charge >= 0.3 is 0 Å². The van der Waals surface area contributed by atoms with E-state index in [1.165, 1.54) is 60.7 Å². The number of aliphatic hydroxyl groups excluding tert-OH is 1. The van der Waals surface area contributed by atoms with Crippen molar-refractivity contribution in [2.45, 2.75) is 29.7 Å². The fraction of sp³-hybridized carbons (Fsp3) is 0.222. The van der Waals surface area contributed by atoms with E-state index in [2.05, 4.69) is 0 Å². The van der Waals surface area contributed by atoms with Crippen LogP contribution in [0.25, 0.3) is 0 Å². The van der Waals surface area contributed by atoms with Crippen LogP contribution in [-0.2, 0) is 9.47 Å². The highest BCUT2D eigenvalue weighted by molar-refractivity contribution is 6.14. The zero-order valence-corrected chi connectivity index (χ0v) is 18.8. The van der Waals surface area contributed by atoms with Crippen molar-refractivity contribution in [2.24, 2.45) is 0 Å². The predicted octanol–water partition coefficient (Wildman–Crippen LogP) is 1.83. The van der Waals surface area contributed by atoms with Gasteiger partial charge in [-0.3, -0.25) is 14.4 Å². The summed E-state index contributed by atoms with van der Waals surface area (Å²) >= 11 is 0. The van der Waals surface area contributed by atoms with E-state index < -0.39 is 47.0 Å². The number of carbonyl (C=O) groups is 3. The number of hydrogen-bond acceptors (Lipinski definition) is 8. The molecule has 35 heavy (non-hydrogen) atoms. The predicted molar refractivity (Wildman–Crippen MR) is 124 cm³/mol. The minimum Gasteiger partial charge on any atom is -0.382 e. The SMILES string of the molecule is CO[C@@H]1O[C@H](C(O)C(=O)c2ccccc2)[C@@](O)(C(=O)c2ccccc2)[C@@]1(O)C(=O)c1ccccc1. The number of methoxy groups -OCH3 is 1. The molecular weight excluding hydrogens is 452 g/mol. The summed E-state index contributed by atoms with van der Waals surface area (Å²) in [6, 6.07) is 22.6. The van der Waals surface area contributed by atoms with Gasteiger partial charge in [-0.2, -0.15) is 0 Å². The molecule has 1 aliphatic heterocycles. The van der Waals surface area contributed by atoms with Gasteiger partial charge in [0, 0.05) is 23.8 Å².